The van der Waals surface area contributed by atoms with Crippen molar-refractivity contribution in [3.05, 3.63) is 65.5 Å². The average Bonchev–Trinajstić information content (AvgIpc) is 2.57. The normalized spacial score (nSPS) is 15.8. The number of pyridine rings is 1. The molecule has 0 bridgehead atoms. The minimum Gasteiger partial charge on any atom is -0.314 e. The number of hydrogen-bond acceptors (Lipinski definition) is 4. The molecule has 2 heterocycles. The van der Waals surface area contributed by atoms with Gasteiger partial charge in [0.1, 0.15) is 0 Å². The van der Waals surface area contributed by atoms with E-state index in [0.29, 0.717) is 11.1 Å². The van der Waals surface area contributed by atoms with E-state index >= 15 is 0 Å². The van der Waals surface area contributed by atoms with Crippen molar-refractivity contribution >= 4 is 5.78 Å². The summed E-state index contributed by atoms with van der Waals surface area (Å²) < 4.78 is 0. The third-order valence-corrected chi connectivity index (χ3v) is 3.76. The van der Waals surface area contributed by atoms with Gasteiger partial charge in [0.25, 0.3) is 0 Å². The molecule has 3 rings (SSSR count). The molecule has 1 aromatic heterocycles. The second kappa shape index (κ2) is 6.61. The number of hydrogen-bond donors (Lipinski definition) is 1. The number of ketones is 1. The quantitative estimate of drug-likeness (QED) is 0.867. The van der Waals surface area contributed by atoms with E-state index in [1.807, 2.05) is 24.3 Å². The van der Waals surface area contributed by atoms with E-state index in [-0.39, 0.29) is 5.78 Å². The topological polar surface area (TPSA) is 45.2 Å². The van der Waals surface area contributed by atoms with Crippen LogP contribution in [0.3, 0.4) is 0 Å². The first-order valence-corrected chi connectivity index (χ1v) is 7.30. The van der Waals surface area contributed by atoms with Crippen molar-refractivity contribution in [2.75, 3.05) is 26.2 Å². The van der Waals surface area contributed by atoms with Gasteiger partial charge in [-0.2, -0.15) is 0 Å². The summed E-state index contributed by atoms with van der Waals surface area (Å²) in [5.74, 6) is 0.0248. The van der Waals surface area contributed by atoms with Crippen molar-refractivity contribution in [3.63, 3.8) is 0 Å². The van der Waals surface area contributed by atoms with Gasteiger partial charge in [-0.25, -0.2) is 0 Å². The highest BCUT2D eigenvalue weighted by atomic mass is 16.1. The number of rotatable bonds is 4. The zero-order valence-corrected chi connectivity index (χ0v) is 12.0. The molecule has 0 spiro atoms. The van der Waals surface area contributed by atoms with Gasteiger partial charge in [-0.15, -0.1) is 0 Å². The molecule has 2 aromatic rings. The first-order chi connectivity index (χ1) is 10.3. The Kier molecular flexibility index (Phi) is 4.38. The van der Waals surface area contributed by atoms with Crippen molar-refractivity contribution in [1.29, 1.82) is 0 Å². The van der Waals surface area contributed by atoms with Crippen LogP contribution in [0.25, 0.3) is 0 Å². The highest BCUT2D eigenvalue weighted by Gasteiger charge is 2.11. The van der Waals surface area contributed by atoms with E-state index in [2.05, 4.69) is 15.2 Å². The summed E-state index contributed by atoms with van der Waals surface area (Å²) in [6.45, 7) is 5.21. The summed E-state index contributed by atoms with van der Waals surface area (Å²) >= 11 is 0. The molecule has 4 nitrogen and oxygen atoms in total. The van der Waals surface area contributed by atoms with Crippen molar-refractivity contribution in [2.45, 2.75) is 6.54 Å². The molecule has 1 N–H and O–H groups in total. The number of carbonyl (C=O) groups excluding carboxylic acids is 1. The number of nitrogens with one attached hydrogen (secondary N) is 1. The van der Waals surface area contributed by atoms with E-state index < -0.39 is 0 Å². The van der Waals surface area contributed by atoms with Gasteiger partial charge in [0, 0.05) is 56.2 Å². The molecule has 0 radical (unpaired) electrons. The maximum atomic E-state index is 12.3. The van der Waals surface area contributed by atoms with E-state index in [4.69, 9.17) is 0 Å². The Labute approximate surface area is 124 Å². The summed E-state index contributed by atoms with van der Waals surface area (Å²) in [5, 5.41) is 3.35. The lowest BCUT2D eigenvalue weighted by Gasteiger charge is -2.27. The van der Waals surface area contributed by atoms with Gasteiger partial charge in [0.05, 0.1) is 0 Å². The van der Waals surface area contributed by atoms with Crippen LogP contribution in [0, 0.1) is 0 Å². The molecular weight excluding hydrogens is 262 g/mol. The average molecular weight is 281 g/mol. The Bertz CT molecular complexity index is 589. The maximum Gasteiger partial charge on any atom is 0.194 e. The first kappa shape index (κ1) is 13.9. The fourth-order valence-electron chi connectivity index (χ4n) is 2.55. The molecule has 0 aliphatic carbocycles. The Morgan fingerprint density at radius 3 is 2.52 bits per heavy atom. The van der Waals surface area contributed by atoms with Gasteiger partial charge >= 0.3 is 0 Å². The number of benzene rings is 1. The van der Waals surface area contributed by atoms with Gasteiger partial charge in [0.2, 0.25) is 0 Å². The fraction of sp³-hybridized carbons (Fsp3) is 0.294. The molecule has 108 valence electrons. The second-order valence-electron chi connectivity index (χ2n) is 5.29. The zero-order chi connectivity index (χ0) is 14.5. The standard InChI is InChI=1S/C17H19N3O/c21-17(16-2-1-7-19-12-16)15-5-3-14(4-6-15)13-20-10-8-18-9-11-20/h1-7,12,18H,8-11,13H2. The SMILES string of the molecule is O=C(c1ccc(CN2CCNCC2)cc1)c1cccnc1. The third kappa shape index (κ3) is 3.54. The molecule has 0 saturated carbocycles. The molecule has 1 fully saturated rings. The molecule has 1 saturated heterocycles. The Morgan fingerprint density at radius 2 is 1.86 bits per heavy atom. The summed E-state index contributed by atoms with van der Waals surface area (Å²) in [6.07, 6.45) is 3.28. The summed E-state index contributed by atoms with van der Waals surface area (Å²) in [5.41, 5.74) is 2.60. The van der Waals surface area contributed by atoms with Crippen molar-refractivity contribution in [3.8, 4) is 0 Å². The molecule has 1 aliphatic heterocycles. The summed E-state index contributed by atoms with van der Waals surface area (Å²) in [7, 11) is 0. The lowest BCUT2D eigenvalue weighted by molar-refractivity contribution is 0.103. The van der Waals surface area contributed by atoms with E-state index in [9.17, 15) is 4.79 Å². The van der Waals surface area contributed by atoms with Crippen LogP contribution in [-0.4, -0.2) is 41.8 Å². The van der Waals surface area contributed by atoms with Crippen LogP contribution in [0.5, 0.6) is 0 Å². The molecule has 21 heavy (non-hydrogen) atoms. The van der Waals surface area contributed by atoms with Crippen molar-refractivity contribution in [1.82, 2.24) is 15.2 Å². The van der Waals surface area contributed by atoms with Crippen molar-refractivity contribution < 1.29 is 4.79 Å². The zero-order valence-electron chi connectivity index (χ0n) is 12.0. The summed E-state index contributed by atoms with van der Waals surface area (Å²) in [4.78, 5) is 18.7. The van der Waals surface area contributed by atoms with Crippen LogP contribution in [0.1, 0.15) is 21.5 Å². The smallest absolute Gasteiger partial charge is 0.194 e. The van der Waals surface area contributed by atoms with Crippen LogP contribution in [0.4, 0.5) is 0 Å². The Hall–Kier alpha value is -2.04. The van der Waals surface area contributed by atoms with E-state index in [0.717, 1.165) is 32.7 Å². The van der Waals surface area contributed by atoms with Crippen LogP contribution < -0.4 is 5.32 Å². The third-order valence-electron chi connectivity index (χ3n) is 3.76. The van der Waals surface area contributed by atoms with Crippen LogP contribution >= 0.6 is 0 Å². The number of aromatic nitrogens is 1. The summed E-state index contributed by atoms with van der Waals surface area (Å²) in [6, 6.07) is 11.5. The van der Waals surface area contributed by atoms with Gasteiger partial charge in [-0.1, -0.05) is 24.3 Å². The number of carbonyl (C=O) groups is 1. The predicted octanol–water partition coefficient (Wildman–Crippen LogP) is 1.72. The number of piperazine rings is 1. The molecule has 1 aromatic carbocycles. The van der Waals surface area contributed by atoms with Crippen molar-refractivity contribution in [2.24, 2.45) is 0 Å². The number of nitrogens with zero attached hydrogens (tertiary/aromatic N) is 2. The molecule has 0 atom stereocenters. The molecule has 1 aliphatic rings. The van der Waals surface area contributed by atoms with Gasteiger partial charge in [-0.3, -0.25) is 14.7 Å². The van der Waals surface area contributed by atoms with E-state index in [1.54, 1.807) is 24.5 Å². The Balaban J connectivity index is 1.67. The Morgan fingerprint density at radius 1 is 1.10 bits per heavy atom. The van der Waals surface area contributed by atoms with Gasteiger partial charge in [0.15, 0.2) is 5.78 Å². The predicted molar refractivity (Wildman–Crippen MR) is 82.3 cm³/mol. The first-order valence-electron chi connectivity index (χ1n) is 7.30. The highest BCUT2D eigenvalue weighted by molar-refractivity contribution is 6.08. The van der Waals surface area contributed by atoms with Crippen LogP contribution in [0.15, 0.2) is 48.8 Å². The maximum absolute atomic E-state index is 12.3. The van der Waals surface area contributed by atoms with Gasteiger partial charge in [-0.05, 0) is 17.7 Å². The highest BCUT2D eigenvalue weighted by Crippen LogP contribution is 2.12. The minimum atomic E-state index is 0.0248. The minimum absolute atomic E-state index is 0.0248. The fourth-order valence-corrected chi connectivity index (χ4v) is 2.55. The largest absolute Gasteiger partial charge is 0.314 e. The van der Waals surface area contributed by atoms with Gasteiger partial charge < -0.3 is 5.32 Å². The van der Waals surface area contributed by atoms with Crippen LogP contribution in [0.2, 0.25) is 0 Å². The monoisotopic (exact) mass is 281 g/mol. The lowest BCUT2D eigenvalue weighted by atomic mass is 10.0. The lowest BCUT2D eigenvalue weighted by Crippen LogP contribution is -2.42. The molecule has 0 unspecified atom stereocenters. The molecular formula is C17H19N3O. The second-order valence-corrected chi connectivity index (χ2v) is 5.29. The van der Waals surface area contributed by atoms with E-state index in [1.165, 1.54) is 5.56 Å². The molecule has 4 heteroatoms. The van der Waals surface area contributed by atoms with Crippen LogP contribution in [-0.2, 0) is 6.54 Å². The molecule has 0 amide bonds.